The Balaban J connectivity index is 2.84. The first-order valence-corrected chi connectivity index (χ1v) is 3.73. The smallest absolute Gasteiger partial charge is 0.183 e. The van der Waals surface area contributed by atoms with Crippen LogP contribution in [0.15, 0.2) is 9.98 Å². The highest BCUT2D eigenvalue weighted by atomic mass is 79.9. The zero-order chi connectivity index (χ0) is 5.98. The predicted molar refractivity (Wildman–Crippen MR) is 39.4 cm³/mol. The molecular weight excluding hydrogens is 188 g/mol. The van der Waals surface area contributed by atoms with E-state index in [1.165, 1.54) is 0 Å². The van der Waals surface area contributed by atoms with Crippen LogP contribution >= 0.6 is 27.3 Å². The van der Waals surface area contributed by atoms with Crippen molar-refractivity contribution in [2.24, 2.45) is 0 Å². The molecule has 0 unspecified atom stereocenters. The van der Waals surface area contributed by atoms with Gasteiger partial charge in [0, 0.05) is 7.05 Å². The lowest BCUT2D eigenvalue weighted by atomic mass is 11.0. The molecule has 0 aliphatic carbocycles. The zero-order valence-corrected chi connectivity index (χ0v) is 6.71. The molecule has 4 heteroatoms. The summed E-state index contributed by atoms with van der Waals surface area (Å²) in [6.45, 7) is 0. The second kappa shape index (κ2) is 2.46. The molecule has 0 aromatic carbocycles. The Hall–Kier alpha value is -0.0900. The molecule has 0 amide bonds. The summed E-state index contributed by atoms with van der Waals surface area (Å²) in [5.74, 6) is 0. The Kier molecular flexibility index (Phi) is 1.85. The van der Waals surface area contributed by atoms with Gasteiger partial charge in [0.25, 0.3) is 0 Å². The minimum atomic E-state index is 0.942. The van der Waals surface area contributed by atoms with Gasteiger partial charge in [-0.15, -0.1) is 0 Å². The molecule has 1 rings (SSSR count). The van der Waals surface area contributed by atoms with Crippen molar-refractivity contribution >= 4 is 32.4 Å². The summed E-state index contributed by atoms with van der Waals surface area (Å²) in [6, 6.07) is 0. The van der Waals surface area contributed by atoms with Crippen molar-refractivity contribution in [3.63, 3.8) is 0 Å². The van der Waals surface area contributed by atoms with E-state index < -0.39 is 0 Å². The third kappa shape index (κ3) is 1.20. The fourth-order valence-corrected chi connectivity index (χ4v) is 1.43. The molecule has 2 nitrogen and oxygen atoms in total. The summed E-state index contributed by atoms with van der Waals surface area (Å²) in [5.41, 5.74) is 0. The summed E-state index contributed by atoms with van der Waals surface area (Å²) in [7, 11) is 1.85. The lowest BCUT2D eigenvalue weighted by Crippen LogP contribution is -1.83. The maximum atomic E-state index is 3.99. The van der Waals surface area contributed by atoms with E-state index in [1.54, 1.807) is 17.5 Å². The van der Waals surface area contributed by atoms with Crippen LogP contribution in [0.2, 0.25) is 0 Å². The molecule has 0 atom stereocenters. The topological polar surface area (TPSA) is 24.9 Å². The third-order valence-electron chi connectivity index (χ3n) is 0.691. The van der Waals surface area contributed by atoms with Crippen LogP contribution in [0.1, 0.15) is 0 Å². The number of nitrogens with one attached hydrogen (secondary N) is 1. The van der Waals surface area contributed by atoms with E-state index in [4.69, 9.17) is 0 Å². The lowest BCUT2D eigenvalue weighted by Gasteiger charge is -1.84. The van der Waals surface area contributed by atoms with Crippen LogP contribution in [0.4, 0.5) is 5.13 Å². The van der Waals surface area contributed by atoms with Crippen molar-refractivity contribution in [1.29, 1.82) is 0 Å². The first-order chi connectivity index (χ1) is 3.83. The molecule has 0 spiro atoms. The van der Waals surface area contributed by atoms with E-state index in [1.807, 2.05) is 7.05 Å². The average Bonchev–Trinajstić information content (AvgIpc) is 2.14. The van der Waals surface area contributed by atoms with Gasteiger partial charge in [0.15, 0.2) is 5.13 Å². The normalized spacial score (nSPS) is 9.25. The quantitative estimate of drug-likeness (QED) is 0.737. The highest BCUT2D eigenvalue weighted by Gasteiger charge is 1.92. The summed E-state index contributed by atoms with van der Waals surface area (Å²) in [4.78, 5) is 3.99. The number of anilines is 1. The van der Waals surface area contributed by atoms with Crippen LogP contribution in [-0.2, 0) is 0 Å². The molecule has 0 saturated heterocycles. The van der Waals surface area contributed by atoms with Gasteiger partial charge in [-0.2, -0.15) is 0 Å². The molecule has 1 heterocycles. The SMILES string of the molecule is CNc1ncc(Br)s1. The molecule has 1 aromatic rings. The van der Waals surface area contributed by atoms with E-state index in [0.29, 0.717) is 0 Å². The van der Waals surface area contributed by atoms with Gasteiger partial charge >= 0.3 is 0 Å². The Morgan fingerprint density at radius 2 is 2.62 bits per heavy atom. The van der Waals surface area contributed by atoms with E-state index in [9.17, 15) is 0 Å². The molecule has 0 bridgehead atoms. The zero-order valence-electron chi connectivity index (χ0n) is 4.31. The first-order valence-electron chi connectivity index (χ1n) is 2.12. The maximum Gasteiger partial charge on any atom is 0.183 e. The second-order valence-corrected chi connectivity index (χ2v) is 3.63. The van der Waals surface area contributed by atoms with Crippen molar-refractivity contribution in [3.05, 3.63) is 9.98 Å². The number of nitrogens with zero attached hydrogens (tertiary/aromatic N) is 1. The van der Waals surface area contributed by atoms with Crippen molar-refractivity contribution in [2.75, 3.05) is 12.4 Å². The maximum absolute atomic E-state index is 3.99. The minimum Gasteiger partial charge on any atom is -0.365 e. The number of rotatable bonds is 1. The molecule has 0 aliphatic heterocycles. The molecule has 8 heavy (non-hydrogen) atoms. The average molecular weight is 193 g/mol. The standard InChI is InChI=1S/C4H5BrN2S/c1-6-4-7-2-3(5)8-4/h2H,1H3,(H,6,7). The van der Waals surface area contributed by atoms with Crippen molar-refractivity contribution in [1.82, 2.24) is 4.98 Å². The van der Waals surface area contributed by atoms with Crippen molar-refractivity contribution in [2.45, 2.75) is 0 Å². The van der Waals surface area contributed by atoms with Gasteiger partial charge in [-0.25, -0.2) is 4.98 Å². The fraction of sp³-hybridized carbons (Fsp3) is 0.250. The number of thiazole rings is 1. The van der Waals surface area contributed by atoms with Gasteiger partial charge < -0.3 is 5.32 Å². The van der Waals surface area contributed by atoms with Gasteiger partial charge in [0.05, 0.1) is 9.98 Å². The van der Waals surface area contributed by atoms with E-state index in [0.717, 1.165) is 8.92 Å². The Morgan fingerprint density at radius 3 is 2.88 bits per heavy atom. The number of halogens is 1. The molecule has 0 aliphatic rings. The van der Waals surface area contributed by atoms with Crippen molar-refractivity contribution < 1.29 is 0 Å². The monoisotopic (exact) mass is 192 g/mol. The summed E-state index contributed by atoms with van der Waals surface area (Å²) >= 11 is 4.87. The second-order valence-electron chi connectivity index (χ2n) is 1.22. The van der Waals surface area contributed by atoms with E-state index in [-0.39, 0.29) is 0 Å². The van der Waals surface area contributed by atoms with Crippen LogP contribution in [0.3, 0.4) is 0 Å². The molecule has 1 N–H and O–H groups in total. The van der Waals surface area contributed by atoms with E-state index >= 15 is 0 Å². The third-order valence-corrected chi connectivity index (χ3v) is 2.19. The van der Waals surface area contributed by atoms with Crippen LogP contribution < -0.4 is 5.32 Å². The van der Waals surface area contributed by atoms with Crippen LogP contribution in [0, 0.1) is 0 Å². The first kappa shape index (κ1) is 6.04. The molecule has 44 valence electrons. The summed E-state index contributed by atoms with van der Waals surface area (Å²) in [5, 5.41) is 3.87. The molecule has 0 saturated carbocycles. The number of aromatic nitrogens is 1. The Bertz CT molecular complexity index is 174. The Labute approximate surface area is 60.1 Å². The highest BCUT2D eigenvalue weighted by molar-refractivity contribution is 9.11. The van der Waals surface area contributed by atoms with Crippen molar-refractivity contribution in [3.8, 4) is 0 Å². The fourth-order valence-electron chi connectivity index (χ4n) is 0.370. The molecule has 1 aromatic heterocycles. The molecular formula is C4H5BrN2S. The lowest BCUT2D eigenvalue weighted by molar-refractivity contribution is 1.36. The summed E-state index contributed by atoms with van der Waals surface area (Å²) in [6.07, 6.45) is 1.77. The van der Waals surface area contributed by atoms with E-state index in [2.05, 4.69) is 26.2 Å². The van der Waals surface area contributed by atoms with Gasteiger partial charge in [-0.05, 0) is 15.9 Å². The largest absolute Gasteiger partial charge is 0.365 e. The summed E-state index contributed by atoms with van der Waals surface area (Å²) < 4.78 is 1.06. The van der Waals surface area contributed by atoms with Crippen LogP contribution in [0.5, 0.6) is 0 Å². The predicted octanol–water partition coefficient (Wildman–Crippen LogP) is 1.95. The highest BCUT2D eigenvalue weighted by Crippen LogP contribution is 2.21. The van der Waals surface area contributed by atoms with Gasteiger partial charge in [0.2, 0.25) is 0 Å². The Morgan fingerprint density at radius 1 is 1.88 bits per heavy atom. The van der Waals surface area contributed by atoms with Gasteiger partial charge in [-0.3, -0.25) is 0 Å². The minimum absolute atomic E-state index is 0.942. The van der Waals surface area contributed by atoms with Crippen LogP contribution in [-0.4, -0.2) is 12.0 Å². The van der Waals surface area contributed by atoms with Gasteiger partial charge in [0.1, 0.15) is 0 Å². The van der Waals surface area contributed by atoms with Gasteiger partial charge in [-0.1, -0.05) is 11.3 Å². The number of hydrogen-bond donors (Lipinski definition) is 1. The number of hydrogen-bond acceptors (Lipinski definition) is 3. The van der Waals surface area contributed by atoms with Crippen LogP contribution in [0.25, 0.3) is 0 Å². The molecule has 0 fully saturated rings. The molecule has 0 radical (unpaired) electrons.